The van der Waals surface area contributed by atoms with Crippen molar-refractivity contribution in [2.75, 3.05) is 18.8 Å². The smallest absolute Gasteiger partial charge is 0.399 e. The van der Waals surface area contributed by atoms with Crippen LogP contribution in [0.1, 0.15) is 55.5 Å². The van der Waals surface area contributed by atoms with Crippen molar-refractivity contribution in [2.45, 2.75) is 70.9 Å². The monoisotopic (exact) mass is 588 g/mol. The molecular weight excluding hydrogens is 558 g/mol. The van der Waals surface area contributed by atoms with Crippen LogP contribution in [-0.4, -0.2) is 52.0 Å². The average Bonchev–Trinajstić information content (AvgIpc) is 2.82. The maximum Gasteiger partial charge on any atom is 0.471 e. The summed E-state index contributed by atoms with van der Waals surface area (Å²) in [6, 6.07) is 8.06. The molecule has 2 aromatic rings. The van der Waals surface area contributed by atoms with Crippen LogP contribution in [-0.2, 0) is 33.5 Å². The van der Waals surface area contributed by atoms with Crippen LogP contribution in [0.3, 0.4) is 0 Å². The molecule has 0 aromatic heterocycles. The molecule has 2 N–H and O–H groups in total. The van der Waals surface area contributed by atoms with Crippen molar-refractivity contribution in [2.24, 2.45) is 0 Å². The van der Waals surface area contributed by atoms with Crippen molar-refractivity contribution < 1.29 is 40.9 Å². The molecule has 0 saturated carbocycles. The number of carbonyl (C=O) groups excluding carboxylic acids is 2. The van der Waals surface area contributed by atoms with Gasteiger partial charge < -0.3 is 15.5 Å². The number of nitro benzene ring substituents is 1. The van der Waals surface area contributed by atoms with E-state index in [-0.39, 0.29) is 25.2 Å². The molecule has 2 heterocycles. The van der Waals surface area contributed by atoms with Crippen LogP contribution in [0.25, 0.3) is 0 Å². The third kappa shape index (κ3) is 6.10. The normalized spacial score (nSPS) is 17.5. The third-order valence-electron chi connectivity index (χ3n) is 7.61. The Morgan fingerprint density at radius 1 is 0.829 bits per heavy atom. The number of nitrogens with zero attached hydrogens (tertiary/aromatic N) is 3. The van der Waals surface area contributed by atoms with E-state index in [1.54, 1.807) is 39.0 Å². The van der Waals surface area contributed by atoms with Gasteiger partial charge >= 0.3 is 24.2 Å². The number of fused-ring (bicyclic) bond motifs is 2. The van der Waals surface area contributed by atoms with E-state index in [0.717, 1.165) is 20.9 Å². The number of hydrogen-bond donors (Lipinski definition) is 1. The van der Waals surface area contributed by atoms with Crippen molar-refractivity contribution in [3.8, 4) is 0 Å². The van der Waals surface area contributed by atoms with Gasteiger partial charge in [0.15, 0.2) is 0 Å². The first-order valence-electron chi connectivity index (χ1n) is 12.5. The van der Waals surface area contributed by atoms with Crippen LogP contribution in [0.15, 0.2) is 30.3 Å². The fourth-order valence-electron chi connectivity index (χ4n) is 5.44. The molecule has 2 aromatic carbocycles. The molecule has 0 saturated heterocycles. The first-order valence-corrected chi connectivity index (χ1v) is 12.5. The highest BCUT2D eigenvalue weighted by molar-refractivity contribution is 5.84. The minimum absolute atomic E-state index is 0.0578. The number of nitrogens with two attached hydrogens (primary N) is 1. The van der Waals surface area contributed by atoms with Gasteiger partial charge in [0, 0.05) is 30.4 Å². The number of hydrogen-bond acceptors (Lipinski definition) is 5. The number of nitrogen functional groups attached to an aromatic ring is 1. The standard InChI is InChI=1S/C14H15F3N2O3.C13H15F3N2O/c1-8-6-9-4-5-18(12(20)14(15,16)17)13(2,3)10(9)7-11(8)19(21)22;1-12(2)10-7-9(17)4-3-8(10)5-6-18(12)11(19)13(14,15)16/h6-7H,4-5H2,1-3H3;3-4,7H,5-6,17H2,1-2H3. The predicted molar refractivity (Wildman–Crippen MR) is 138 cm³/mol. The lowest BCUT2D eigenvalue weighted by atomic mass is 9.82. The molecule has 0 aliphatic carbocycles. The van der Waals surface area contributed by atoms with Crippen molar-refractivity contribution in [1.82, 2.24) is 9.80 Å². The zero-order valence-corrected chi connectivity index (χ0v) is 23.0. The summed E-state index contributed by atoms with van der Waals surface area (Å²) in [5.41, 5.74) is 6.91. The van der Waals surface area contributed by atoms with Crippen molar-refractivity contribution in [3.05, 3.63) is 68.3 Å². The Labute approximate surface area is 232 Å². The van der Waals surface area contributed by atoms with E-state index in [4.69, 9.17) is 5.73 Å². The second-order valence-electron chi connectivity index (χ2n) is 11.0. The Balaban J connectivity index is 0.000000228. The lowest BCUT2D eigenvalue weighted by molar-refractivity contribution is -0.385. The summed E-state index contributed by atoms with van der Waals surface area (Å²) in [5, 5.41) is 11.0. The van der Waals surface area contributed by atoms with Crippen LogP contribution >= 0.6 is 0 Å². The highest BCUT2D eigenvalue weighted by Crippen LogP contribution is 2.41. The van der Waals surface area contributed by atoms with E-state index in [1.165, 1.54) is 19.9 Å². The topological polar surface area (TPSA) is 110 Å². The van der Waals surface area contributed by atoms with E-state index in [0.29, 0.717) is 28.8 Å². The van der Waals surface area contributed by atoms with Gasteiger partial charge in [0.2, 0.25) is 0 Å². The van der Waals surface area contributed by atoms with Crippen molar-refractivity contribution >= 4 is 23.2 Å². The van der Waals surface area contributed by atoms with Gasteiger partial charge in [-0.2, -0.15) is 26.3 Å². The molecular formula is C27H30F6N4O4. The molecule has 2 aliphatic heterocycles. The number of amides is 2. The summed E-state index contributed by atoms with van der Waals surface area (Å²) in [6.07, 6.45) is -9.18. The second kappa shape index (κ2) is 10.5. The lowest BCUT2D eigenvalue weighted by Gasteiger charge is -2.44. The minimum atomic E-state index is -4.97. The second-order valence-corrected chi connectivity index (χ2v) is 11.0. The Hall–Kier alpha value is -3.84. The molecule has 2 amide bonds. The van der Waals surface area contributed by atoms with Gasteiger partial charge in [-0.05, 0) is 87.9 Å². The Kier molecular flexibility index (Phi) is 8.14. The van der Waals surface area contributed by atoms with Crippen LogP contribution in [0.2, 0.25) is 0 Å². The first-order chi connectivity index (χ1) is 18.6. The molecule has 0 radical (unpaired) electrons. The molecule has 14 heteroatoms. The number of aryl methyl sites for hydroxylation is 1. The molecule has 0 fully saturated rings. The average molecular weight is 589 g/mol. The molecule has 41 heavy (non-hydrogen) atoms. The van der Waals surface area contributed by atoms with E-state index in [1.807, 2.05) is 6.07 Å². The molecule has 0 spiro atoms. The van der Waals surface area contributed by atoms with E-state index in [9.17, 15) is 46.0 Å². The zero-order chi connectivity index (χ0) is 31.3. The fraction of sp³-hybridized carbons (Fsp3) is 0.481. The Morgan fingerprint density at radius 3 is 1.71 bits per heavy atom. The lowest BCUT2D eigenvalue weighted by Crippen LogP contribution is -2.54. The number of alkyl halides is 6. The van der Waals surface area contributed by atoms with Gasteiger partial charge in [-0.25, -0.2) is 0 Å². The molecule has 0 atom stereocenters. The summed E-state index contributed by atoms with van der Waals surface area (Å²) in [6.45, 7) is 7.71. The van der Waals surface area contributed by atoms with Gasteiger partial charge in [0.1, 0.15) is 0 Å². The van der Waals surface area contributed by atoms with Gasteiger partial charge in [-0.3, -0.25) is 19.7 Å². The Bertz CT molecular complexity index is 1390. The Morgan fingerprint density at radius 2 is 1.27 bits per heavy atom. The van der Waals surface area contributed by atoms with E-state index in [2.05, 4.69) is 0 Å². The fourth-order valence-corrected chi connectivity index (χ4v) is 5.44. The van der Waals surface area contributed by atoms with E-state index < -0.39 is 40.2 Å². The summed E-state index contributed by atoms with van der Waals surface area (Å²) in [5.74, 6) is -3.73. The molecule has 224 valence electrons. The number of anilines is 1. The molecule has 4 rings (SSSR count). The van der Waals surface area contributed by atoms with Crippen molar-refractivity contribution in [1.29, 1.82) is 0 Å². The highest BCUT2D eigenvalue weighted by Gasteiger charge is 2.50. The van der Waals surface area contributed by atoms with E-state index >= 15 is 0 Å². The maximum atomic E-state index is 12.7. The summed E-state index contributed by atoms with van der Waals surface area (Å²) < 4.78 is 76.0. The van der Waals surface area contributed by atoms with Gasteiger partial charge in [-0.15, -0.1) is 0 Å². The van der Waals surface area contributed by atoms with Gasteiger partial charge in [0.25, 0.3) is 5.69 Å². The zero-order valence-electron chi connectivity index (χ0n) is 23.0. The molecule has 0 bridgehead atoms. The highest BCUT2D eigenvalue weighted by atomic mass is 19.4. The maximum absolute atomic E-state index is 12.7. The number of nitro groups is 1. The van der Waals surface area contributed by atoms with Crippen LogP contribution in [0.5, 0.6) is 0 Å². The predicted octanol–water partition coefficient (Wildman–Crippen LogP) is 5.54. The third-order valence-corrected chi connectivity index (χ3v) is 7.61. The summed E-state index contributed by atoms with van der Waals surface area (Å²) >= 11 is 0. The van der Waals surface area contributed by atoms with Crippen LogP contribution < -0.4 is 5.73 Å². The number of halogens is 6. The van der Waals surface area contributed by atoms with Gasteiger partial charge in [0.05, 0.1) is 16.0 Å². The quantitative estimate of drug-likeness (QED) is 0.204. The molecule has 8 nitrogen and oxygen atoms in total. The number of carbonyl (C=O) groups is 2. The van der Waals surface area contributed by atoms with Crippen LogP contribution in [0, 0.1) is 17.0 Å². The summed E-state index contributed by atoms with van der Waals surface area (Å²) in [7, 11) is 0. The summed E-state index contributed by atoms with van der Waals surface area (Å²) in [4.78, 5) is 35.2. The van der Waals surface area contributed by atoms with Crippen molar-refractivity contribution in [3.63, 3.8) is 0 Å². The largest absolute Gasteiger partial charge is 0.471 e. The minimum Gasteiger partial charge on any atom is -0.399 e. The van der Waals surface area contributed by atoms with Gasteiger partial charge in [-0.1, -0.05) is 6.07 Å². The number of rotatable bonds is 1. The van der Waals surface area contributed by atoms with Crippen LogP contribution in [0.4, 0.5) is 37.7 Å². The molecule has 2 aliphatic rings. The SMILES string of the molecule is CC1(C)c2cc(N)ccc2CCN1C(=O)C(F)(F)F.Cc1cc2c(cc1[N+](=O)[O-])C(C)(C)N(C(=O)C(F)(F)F)CC2. The number of benzene rings is 2. The first kappa shape index (κ1) is 31.7. The molecule has 0 unspecified atom stereocenters.